The minimum Gasteiger partial charge on any atom is -0.265 e. The third-order valence-corrected chi connectivity index (χ3v) is 2.25. The highest BCUT2D eigenvalue weighted by molar-refractivity contribution is 6.30. The van der Waals surface area contributed by atoms with Gasteiger partial charge in [0.2, 0.25) is 6.54 Å². The number of nitrogens with zero attached hydrogens (tertiary/aromatic N) is 1. The van der Waals surface area contributed by atoms with Crippen LogP contribution in [0.3, 0.4) is 0 Å². The van der Waals surface area contributed by atoms with Crippen LogP contribution >= 0.6 is 11.6 Å². The molecular formula is C9H7ClF3NO2. The molecule has 0 saturated heterocycles. The van der Waals surface area contributed by atoms with E-state index >= 15 is 0 Å². The maximum absolute atomic E-state index is 12.5. The van der Waals surface area contributed by atoms with E-state index in [0.29, 0.717) is 0 Å². The van der Waals surface area contributed by atoms with E-state index in [4.69, 9.17) is 11.6 Å². The molecule has 0 unspecified atom stereocenters. The van der Waals surface area contributed by atoms with E-state index in [1.54, 1.807) is 0 Å². The highest BCUT2D eigenvalue weighted by Gasteiger charge is 2.44. The van der Waals surface area contributed by atoms with Crippen LogP contribution in [0, 0.1) is 10.1 Å². The van der Waals surface area contributed by atoms with Crippen LogP contribution in [0.1, 0.15) is 11.5 Å². The van der Waals surface area contributed by atoms with E-state index in [1.165, 1.54) is 12.1 Å². The molecule has 0 spiro atoms. The summed E-state index contributed by atoms with van der Waals surface area (Å²) >= 11 is 5.52. The van der Waals surface area contributed by atoms with Gasteiger partial charge in [-0.25, -0.2) is 0 Å². The van der Waals surface area contributed by atoms with Gasteiger partial charge in [-0.15, -0.1) is 0 Å². The molecule has 0 aromatic heterocycles. The van der Waals surface area contributed by atoms with Gasteiger partial charge in [-0.1, -0.05) is 23.7 Å². The second kappa shape index (κ2) is 4.69. The lowest BCUT2D eigenvalue weighted by Gasteiger charge is -2.16. The maximum Gasteiger partial charge on any atom is 0.402 e. The molecule has 1 rings (SSSR count). The van der Waals surface area contributed by atoms with Crippen molar-refractivity contribution in [2.75, 3.05) is 6.54 Å². The molecule has 16 heavy (non-hydrogen) atoms. The topological polar surface area (TPSA) is 43.1 Å². The number of nitro groups is 1. The molecule has 0 fully saturated rings. The molecule has 1 aromatic carbocycles. The van der Waals surface area contributed by atoms with Gasteiger partial charge in [0.25, 0.3) is 0 Å². The van der Waals surface area contributed by atoms with Gasteiger partial charge >= 0.3 is 6.18 Å². The van der Waals surface area contributed by atoms with Crippen LogP contribution < -0.4 is 0 Å². The number of hydrogen-bond donors (Lipinski definition) is 0. The second-order valence-electron chi connectivity index (χ2n) is 3.16. The molecule has 1 aromatic rings. The highest BCUT2D eigenvalue weighted by atomic mass is 35.5. The quantitative estimate of drug-likeness (QED) is 0.613. The first-order chi connectivity index (χ1) is 7.30. The van der Waals surface area contributed by atoms with Crippen molar-refractivity contribution >= 4 is 11.6 Å². The Morgan fingerprint density at radius 2 is 1.81 bits per heavy atom. The highest BCUT2D eigenvalue weighted by Crippen LogP contribution is 2.35. The van der Waals surface area contributed by atoms with E-state index in [9.17, 15) is 23.3 Å². The summed E-state index contributed by atoms with van der Waals surface area (Å²) in [6.07, 6.45) is -4.64. The van der Waals surface area contributed by atoms with E-state index in [1.807, 2.05) is 0 Å². The zero-order valence-corrected chi connectivity index (χ0v) is 8.63. The Labute approximate surface area is 94.0 Å². The van der Waals surface area contributed by atoms with E-state index in [0.717, 1.165) is 12.1 Å². The molecule has 88 valence electrons. The molecule has 0 aliphatic heterocycles. The minimum atomic E-state index is -4.64. The van der Waals surface area contributed by atoms with Crippen molar-refractivity contribution in [2.24, 2.45) is 0 Å². The Balaban J connectivity index is 3.01. The van der Waals surface area contributed by atoms with Gasteiger partial charge in [0, 0.05) is 9.95 Å². The maximum atomic E-state index is 12.5. The van der Waals surface area contributed by atoms with Gasteiger partial charge in [-0.05, 0) is 17.7 Å². The van der Waals surface area contributed by atoms with Crippen LogP contribution in [0.5, 0.6) is 0 Å². The SMILES string of the molecule is O=[N+]([O-])C[C@@H](c1ccc(Cl)cc1)C(F)(F)F. The van der Waals surface area contributed by atoms with E-state index in [-0.39, 0.29) is 10.6 Å². The molecule has 7 heteroatoms. The van der Waals surface area contributed by atoms with E-state index in [2.05, 4.69) is 0 Å². The summed E-state index contributed by atoms with van der Waals surface area (Å²) in [4.78, 5) is 9.20. The van der Waals surface area contributed by atoms with Crippen LogP contribution in [0.15, 0.2) is 24.3 Å². The number of benzene rings is 1. The van der Waals surface area contributed by atoms with Crippen molar-refractivity contribution in [3.05, 3.63) is 45.0 Å². The number of hydrogen-bond acceptors (Lipinski definition) is 2. The smallest absolute Gasteiger partial charge is 0.265 e. The molecule has 1 atom stereocenters. The average molecular weight is 254 g/mol. The van der Waals surface area contributed by atoms with Gasteiger partial charge < -0.3 is 0 Å². The molecule has 0 heterocycles. The molecule has 0 amide bonds. The van der Waals surface area contributed by atoms with Crippen LogP contribution in [0.2, 0.25) is 5.02 Å². The fourth-order valence-electron chi connectivity index (χ4n) is 1.24. The lowest BCUT2D eigenvalue weighted by atomic mass is 9.99. The zero-order valence-electron chi connectivity index (χ0n) is 7.87. The average Bonchev–Trinajstić information content (AvgIpc) is 2.14. The molecule has 0 saturated carbocycles. The molecule has 0 bridgehead atoms. The first kappa shape index (κ1) is 12.8. The first-order valence-corrected chi connectivity index (χ1v) is 4.62. The monoisotopic (exact) mass is 253 g/mol. The molecular weight excluding hydrogens is 247 g/mol. The molecule has 0 N–H and O–H groups in total. The fourth-order valence-corrected chi connectivity index (χ4v) is 1.37. The van der Waals surface area contributed by atoms with Crippen molar-refractivity contribution in [3.63, 3.8) is 0 Å². The Hall–Kier alpha value is -1.30. The summed E-state index contributed by atoms with van der Waals surface area (Å²) in [5.41, 5.74) is -0.159. The normalized spacial score (nSPS) is 13.5. The summed E-state index contributed by atoms with van der Waals surface area (Å²) in [5.74, 6) is -2.10. The Bertz CT molecular complexity index is 377. The molecule has 0 radical (unpaired) electrons. The number of rotatable bonds is 3. The van der Waals surface area contributed by atoms with Crippen LogP contribution in [0.4, 0.5) is 13.2 Å². The van der Waals surface area contributed by atoms with Crippen molar-refractivity contribution in [1.82, 2.24) is 0 Å². The summed E-state index contributed by atoms with van der Waals surface area (Å²) in [6.45, 7) is -1.18. The van der Waals surface area contributed by atoms with Crippen LogP contribution in [-0.4, -0.2) is 17.6 Å². The number of alkyl halides is 3. The lowest BCUT2D eigenvalue weighted by molar-refractivity contribution is -0.490. The second-order valence-corrected chi connectivity index (χ2v) is 3.60. The lowest BCUT2D eigenvalue weighted by Crippen LogP contribution is -2.27. The third-order valence-electron chi connectivity index (χ3n) is 2.00. The van der Waals surface area contributed by atoms with Crippen molar-refractivity contribution in [2.45, 2.75) is 12.1 Å². The van der Waals surface area contributed by atoms with Crippen molar-refractivity contribution < 1.29 is 18.1 Å². The van der Waals surface area contributed by atoms with Crippen molar-refractivity contribution in [1.29, 1.82) is 0 Å². The van der Waals surface area contributed by atoms with Crippen LogP contribution in [0.25, 0.3) is 0 Å². The number of halogens is 4. The van der Waals surface area contributed by atoms with Gasteiger partial charge in [-0.3, -0.25) is 10.1 Å². The zero-order chi connectivity index (χ0) is 12.3. The minimum absolute atomic E-state index is 0.159. The largest absolute Gasteiger partial charge is 0.402 e. The summed E-state index contributed by atoms with van der Waals surface area (Å²) in [7, 11) is 0. The van der Waals surface area contributed by atoms with Gasteiger partial charge in [-0.2, -0.15) is 13.2 Å². The van der Waals surface area contributed by atoms with Gasteiger partial charge in [0.1, 0.15) is 5.92 Å². The third kappa shape index (κ3) is 3.37. The first-order valence-electron chi connectivity index (χ1n) is 4.24. The fraction of sp³-hybridized carbons (Fsp3) is 0.333. The van der Waals surface area contributed by atoms with Gasteiger partial charge in [0.05, 0.1) is 0 Å². The predicted molar refractivity (Wildman–Crippen MR) is 52.1 cm³/mol. The van der Waals surface area contributed by atoms with E-state index < -0.39 is 23.6 Å². The van der Waals surface area contributed by atoms with Crippen molar-refractivity contribution in [3.8, 4) is 0 Å². The molecule has 0 aliphatic rings. The summed E-state index contributed by atoms with van der Waals surface area (Å²) in [6, 6.07) is 4.83. The van der Waals surface area contributed by atoms with Crippen LogP contribution in [-0.2, 0) is 0 Å². The summed E-state index contributed by atoms with van der Waals surface area (Å²) in [5, 5.41) is 10.5. The summed E-state index contributed by atoms with van der Waals surface area (Å²) < 4.78 is 37.6. The molecule has 0 aliphatic carbocycles. The molecule has 3 nitrogen and oxygen atoms in total. The Kier molecular flexibility index (Phi) is 3.74. The Morgan fingerprint density at radius 1 is 1.31 bits per heavy atom. The predicted octanol–water partition coefficient (Wildman–Crippen LogP) is 3.26. The Morgan fingerprint density at radius 3 is 2.19 bits per heavy atom. The standard InChI is InChI=1S/C9H7ClF3NO2/c10-7-3-1-6(2-4-7)8(5-14(15)16)9(11,12)13/h1-4,8H,5H2/t8-/m0/s1. The van der Waals surface area contributed by atoms with Gasteiger partial charge in [0.15, 0.2) is 0 Å².